The average molecular weight is 353 g/mol. The first-order chi connectivity index (χ1) is 7.74. The van der Waals surface area contributed by atoms with Gasteiger partial charge in [-0.1, -0.05) is 28.8 Å². The summed E-state index contributed by atoms with van der Waals surface area (Å²) in [6.45, 7) is 0.708. The van der Waals surface area contributed by atoms with Gasteiger partial charge < -0.3 is 9.73 Å². The summed E-state index contributed by atoms with van der Waals surface area (Å²) < 4.78 is 5.72. The molecule has 1 aromatic heterocycles. The Kier molecular flexibility index (Phi) is 6.80. The lowest BCUT2D eigenvalue weighted by Crippen LogP contribution is -2.23. The van der Waals surface area contributed by atoms with Crippen molar-refractivity contribution in [2.75, 3.05) is 11.9 Å². The van der Waals surface area contributed by atoms with E-state index in [9.17, 15) is 4.79 Å². The Morgan fingerprint density at radius 2 is 2.00 bits per heavy atom. The van der Waals surface area contributed by atoms with E-state index in [0.29, 0.717) is 17.0 Å². The number of halogens is 2. The van der Waals surface area contributed by atoms with Crippen molar-refractivity contribution >= 4 is 37.8 Å². The first kappa shape index (κ1) is 13.8. The molecule has 1 N–H and O–H groups in total. The van der Waals surface area contributed by atoms with Crippen molar-refractivity contribution in [3.05, 3.63) is 22.6 Å². The molecule has 0 unspecified atom stereocenters. The molecule has 0 fully saturated rings. The predicted molar refractivity (Wildman–Crippen MR) is 71.0 cm³/mol. The Labute approximate surface area is 112 Å². The Morgan fingerprint density at radius 3 is 2.62 bits per heavy atom. The molecule has 16 heavy (non-hydrogen) atoms. The zero-order valence-electron chi connectivity index (χ0n) is 8.97. The van der Waals surface area contributed by atoms with Crippen LogP contribution in [0.25, 0.3) is 0 Å². The third-order valence-corrected chi connectivity index (χ3v) is 3.13. The highest BCUT2D eigenvalue weighted by Crippen LogP contribution is 2.13. The number of carbonyl (C=O) groups is 1. The molecule has 0 atom stereocenters. The van der Waals surface area contributed by atoms with Gasteiger partial charge in [-0.15, -0.1) is 0 Å². The molecular formula is C11H15Br2NO2. The van der Waals surface area contributed by atoms with Crippen LogP contribution in [0.4, 0.5) is 0 Å². The average Bonchev–Trinajstić information content (AvgIpc) is 2.70. The Bertz CT molecular complexity index is 326. The van der Waals surface area contributed by atoms with Gasteiger partial charge in [0.1, 0.15) is 0 Å². The van der Waals surface area contributed by atoms with Crippen molar-refractivity contribution in [1.29, 1.82) is 0 Å². The molecule has 0 aromatic carbocycles. The Morgan fingerprint density at radius 1 is 1.25 bits per heavy atom. The summed E-state index contributed by atoms with van der Waals surface area (Å²) in [7, 11) is 0. The number of unbranched alkanes of at least 4 members (excludes halogenated alkanes) is 3. The number of alkyl halides is 1. The van der Waals surface area contributed by atoms with Gasteiger partial charge in [0.25, 0.3) is 5.91 Å². The maximum atomic E-state index is 11.5. The van der Waals surface area contributed by atoms with E-state index >= 15 is 0 Å². The molecule has 0 bridgehead atoms. The van der Waals surface area contributed by atoms with Crippen molar-refractivity contribution in [2.45, 2.75) is 25.7 Å². The lowest BCUT2D eigenvalue weighted by atomic mass is 10.2. The second-order valence-corrected chi connectivity index (χ2v) is 5.04. The van der Waals surface area contributed by atoms with Crippen LogP contribution < -0.4 is 5.32 Å². The van der Waals surface area contributed by atoms with Gasteiger partial charge in [0.2, 0.25) is 0 Å². The van der Waals surface area contributed by atoms with Crippen molar-refractivity contribution in [3.63, 3.8) is 0 Å². The number of nitrogens with one attached hydrogen (secondary N) is 1. The smallest absolute Gasteiger partial charge is 0.287 e. The third-order valence-electron chi connectivity index (χ3n) is 2.14. The first-order valence-corrected chi connectivity index (χ1v) is 7.25. The molecule has 0 aliphatic carbocycles. The van der Waals surface area contributed by atoms with Gasteiger partial charge in [0.15, 0.2) is 10.4 Å². The number of furan rings is 1. The topological polar surface area (TPSA) is 42.2 Å². The molecule has 0 saturated carbocycles. The van der Waals surface area contributed by atoms with Gasteiger partial charge in [-0.25, -0.2) is 0 Å². The van der Waals surface area contributed by atoms with Crippen LogP contribution in [-0.4, -0.2) is 17.8 Å². The van der Waals surface area contributed by atoms with Crippen molar-refractivity contribution in [2.24, 2.45) is 0 Å². The number of carbonyl (C=O) groups excluding carboxylic acids is 1. The van der Waals surface area contributed by atoms with Crippen molar-refractivity contribution < 1.29 is 9.21 Å². The van der Waals surface area contributed by atoms with E-state index in [4.69, 9.17) is 4.42 Å². The maximum Gasteiger partial charge on any atom is 0.287 e. The van der Waals surface area contributed by atoms with Gasteiger partial charge in [-0.2, -0.15) is 0 Å². The lowest BCUT2D eigenvalue weighted by molar-refractivity contribution is 0.0924. The summed E-state index contributed by atoms with van der Waals surface area (Å²) in [6.07, 6.45) is 4.56. The fourth-order valence-electron chi connectivity index (χ4n) is 1.30. The summed E-state index contributed by atoms with van der Waals surface area (Å²) in [4.78, 5) is 11.5. The molecule has 1 rings (SSSR count). The van der Waals surface area contributed by atoms with Crippen LogP contribution >= 0.6 is 31.9 Å². The highest BCUT2D eigenvalue weighted by atomic mass is 79.9. The van der Waals surface area contributed by atoms with Gasteiger partial charge in [0.05, 0.1) is 0 Å². The number of hydrogen-bond acceptors (Lipinski definition) is 2. The standard InChI is InChI=1S/C11H15Br2NO2/c12-7-3-1-2-4-8-14-11(15)9-5-6-10(13)16-9/h5-6H,1-4,7-8H2,(H,14,15). The zero-order valence-corrected chi connectivity index (χ0v) is 12.1. The summed E-state index contributed by atoms with van der Waals surface area (Å²) >= 11 is 6.55. The SMILES string of the molecule is O=C(NCCCCCCBr)c1ccc(Br)o1. The first-order valence-electron chi connectivity index (χ1n) is 5.33. The Hall–Kier alpha value is -0.290. The predicted octanol–water partition coefficient (Wildman–Crippen LogP) is 3.73. The van der Waals surface area contributed by atoms with E-state index in [0.717, 1.165) is 18.2 Å². The molecule has 0 aliphatic heterocycles. The largest absolute Gasteiger partial charge is 0.444 e. The van der Waals surface area contributed by atoms with Crippen molar-refractivity contribution in [1.82, 2.24) is 5.32 Å². The molecule has 3 nitrogen and oxygen atoms in total. The minimum Gasteiger partial charge on any atom is -0.444 e. The summed E-state index contributed by atoms with van der Waals surface area (Å²) in [6, 6.07) is 3.37. The highest BCUT2D eigenvalue weighted by molar-refractivity contribution is 9.10. The van der Waals surface area contributed by atoms with Crippen molar-refractivity contribution in [3.8, 4) is 0 Å². The van der Waals surface area contributed by atoms with E-state index in [1.54, 1.807) is 12.1 Å². The summed E-state index contributed by atoms with van der Waals surface area (Å²) in [5.41, 5.74) is 0. The molecule has 0 saturated heterocycles. The lowest BCUT2D eigenvalue weighted by Gasteiger charge is -2.02. The molecule has 1 aromatic rings. The minimum atomic E-state index is -0.147. The van der Waals surface area contributed by atoms with Crippen LogP contribution in [0.3, 0.4) is 0 Å². The monoisotopic (exact) mass is 351 g/mol. The second-order valence-electron chi connectivity index (χ2n) is 3.46. The van der Waals surface area contributed by atoms with Crippen LogP contribution in [0.15, 0.2) is 21.2 Å². The van der Waals surface area contributed by atoms with E-state index in [1.807, 2.05) is 0 Å². The molecule has 5 heteroatoms. The molecular weight excluding hydrogens is 338 g/mol. The van der Waals surface area contributed by atoms with Gasteiger partial charge in [-0.3, -0.25) is 4.79 Å². The molecule has 0 spiro atoms. The molecule has 0 radical (unpaired) electrons. The number of amides is 1. The van der Waals surface area contributed by atoms with E-state index < -0.39 is 0 Å². The van der Waals surface area contributed by atoms with Gasteiger partial charge in [0, 0.05) is 11.9 Å². The number of rotatable bonds is 7. The highest BCUT2D eigenvalue weighted by Gasteiger charge is 2.08. The second kappa shape index (κ2) is 7.90. The maximum absolute atomic E-state index is 11.5. The van der Waals surface area contributed by atoms with Crippen LogP contribution in [0.1, 0.15) is 36.2 Å². The number of hydrogen-bond donors (Lipinski definition) is 1. The molecule has 1 amide bonds. The molecule has 0 aliphatic rings. The van der Waals surface area contributed by atoms with Crippen LogP contribution in [-0.2, 0) is 0 Å². The summed E-state index contributed by atoms with van der Waals surface area (Å²) in [5.74, 6) is 0.207. The van der Waals surface area contributed by atoms with Gasteiger partial charge >= 0.3 is 0 Å². The minimum absolute atomic E-state index is 0.147. The van der Waals surface area contributed by atoms with Gasteiger partial charge in [-0.05, 0) is 40.9 Å². The van der Waals surface area contributed by atoms with E-state index in [1.165, 1.54) is 12.8 Å². The zero-order chi connectivity index (χ0) is 11.8. The Balaban J connectivity index is 2.11. The normalized spacial score (nSPS) is 10.4. The summed E-state index contributed by atoms with van der Waals surface area (Å²) in [5, 5.41) is 3.88. The third kappa shape index (κ3) is 5.16. The van der Waals surface area contributed by atoms with E-state index in [2.05, 4.69) is 37.2 Å². The fraction of sp³-hybridized carbons (Fsp3) is 0.545. The van der Waals surface area contributed by atoms with Crippen LogP contribution in [0, 0.1) is 0 Å². The molecule has 1 heterocycles. The van der Waals surface area contributed by atoms with E-state index in [-0.39, 0.29) is 5.91 Å². The fourth-order valence-corrected chi connectivity index (χ4v) is 2.00. The van der Waals surface area contributed by atoms with Crippen LogP contribution in [0.5, 0.6) is 0 Å². The molecule has 90 valence electrons. The quantitative estimate of drug-likeness (QED) is 0.600. The van der Waals surface area contributed by atoms with Crippen LogP contribution in [0.2, 0.25) is 0 Å².